The van der Waals surface area contributed by atoms with Crippen molar-refractivity contribution < 1.29 is 5.11 Å². The highest BCUT2D eigenvalue weighted by Crippen LogP contribution is 1.95. The Balaban J connectivity index is 0.000000640. The summed E-state index contributed by atoms with van der Waals surface area (Å²) in [6, 6.07) is 9.29. The second-order valence-electron chi connectivity index (χ2n) is 1.63. The highest BCUT2D eigenvalue weighted by atomic mass is 16.3. The zero-order valence-electron chi connectivity index (χ0n) is 5.50. The quantitative estimate of drug-likeness (QED) is 0.543. The third kappa shape index (κ3) is 2.29. The minimum Gasteiger partial charge on any atom is -0.232 e. The van der Waals surface area contributed by atoms with E-state index < -0.39 is 0 Å². The van der Waals surface area contributed by atoms with Crippen molar-refractivity contribution in [2.75, 3.05) is 0 Å². The molecule has 0 aliphatic rings. The van der Waals surface area contributed by atoms with Gasteiger partial charge in [0.25, 0.3) is 0 Å². The topological polar surface area (TPSA) is 19.9 Å². The van der Waals surface area contributed by atoms with Crippen LogP contribution in [0, 0.1) is 7.43 Å². The molecule has 0 unspecified atom stereocenters. The largest absolute Gasteiger partial charge is 0.232 e. The van der Waals surface area contributed by atoms with E-state index in [2.05, 4.69) is 0 Å². The lowest BCUT2D eigenvalue weighted by atomic mass is 10.2. The molecular weight excluding hydrogens is 112 g/mol. The predicted molar refractivity (Wildman–Crippen MR) is 37.2 cm³/mol. The van der Waals surface area contributed by atoms with E-state index in [1.54, 1.807) is 0 Å². The Bertz CT molecular complexity index is 146. The molecule has 0 N–H and O–H groups in total. The van der Waals surface area contributed by atoms with Gasteiger partial charge in [-0.05, 0) is 5.56 Å². The highest BCUT2D eigenvalue weighted by Gasteiger charge is 1.82. The number of rotatable bonds is 1. The van der Waals surface area contributed by atoms with Crippen LogP contribution < -0.4 is 0 Å². The molecule has 0 bridgehead atoms. The third-order valence-electron chi connectivity index (χ3n) is 1.01. The maximum Gasteiger partial charge on any atom is 0.107 e. The summed E-state index contributed by atoms with van der Waals surface area (Å²) >= 11 is 0. The lowest BCUT2D eigenvalue weighted by Crippen LogP contribution is -1.75. The summed E-state index contributed by atoms with van der Waals surface area (Å²) in [5.74, 6) is 0. The summed E-state index contributed by atoms with van der Waals surface area (Å²) in [4.78, 5) is 0. The Morgan fingerprint density at radius 3 is 2.00 bits per heavy atom. The highest BCUT2D eigenvalue weighted by molar-refractivity contribution is 5.12. The molecule has 0 amide bonds. The van der Waals surface area contributed by atoms with Gasteiger partial charge in [-0.2, -0.15) is 0 Å². The van der Waals surface area contributed by atoms with Gasteiger partial charge in [-0.15, -0.1) is 0 Å². The lowest BCUT2D eigenvalue weighted by Gasteiger charge is -1.87. The van der Waals surface area contributed by atoms with Crippen LogP contribution in [0.2, 0.25) is 0 Å². The molecule has 0 aliphatic heterocycles. The number of benzene rings is 1. The Morgan fingerprint density at radius 1 is 1.11 bits per heavy atom. The first-order valence-corrected chi connectivity index (χ1v) is 2.55. The first-order chi connectivity index (χ1) is 3.93. The van der Waals surface area contributed by atoms with Crippen LogP contribution in [0.4, 0.5) is 0 Å². The Hall–Kier alpha value is -0.820. The van der Waals surface area contributed by atoms with Crippen LogP contribution in [-0.4, -0.2) is 0 Å². The second-order valence-corrected chi connectivity index (χ2v) is 1.63. The van der Waals surface area contributed by atoms with Crippen molar-refractivity contribution in [3.8, 4) is 0 Å². The number of hydrogen-bond acceptors (Lipinski definition) is 0. The molecule has 1 rings (SSSR count). The minimum absolute atomic E-state index is 0. The van der Waals surface area contributed by atoms with Crippen molar-refractivity contribution in [1.29, 1.82) is 0 Å². The van der Waals surface area contributed by atoms with Crippen LogP contribution in [0.3, 0.4) is 0 Å². The molecule has 9 heavy (non-hydrogen) atoms. The normalized spacial score (nSPS) is 8.11. The molecule has 0 heterocycles. The molecule has 0 spiro atoms. The van der Waals surface area contributed by atoms with E-state index in [0.29, 0.717) is 0 Å². The fraction of sp³-hybridized carbons (Fsp3) is 0.125. The van der Waals surface area contributed by atoms with E-state index in [0.717, 1.165) is 5.56 Å². The van der Waals surface area contributed by atoms with Gasteiger partial charge in [0.2, 0.25) is 0 Å². The smallest absolute Gasteiger partial charge is 0.107 e. The maximum atomic E-state index is 10.1. The summed E-state index contributed by atoms with van der Waals surface area (Å²) in [7, 11) is 0. The Morgan fingerprint density at radius 2 is 1.67 bits per heavy atom. The van der Waals surface area contributed by atoms with E-state index >= 15 is 0 Å². The van der Waals surface area contributed by atoms with Crippen LogP contribution in [0.5, 0.6) is 0 Å². The van der Waals surface area contributed by atoms with Gasteiger partial charge in [0.1, 0.15) is 6.61 Å². The van der Waals surface area contributed by atoms with Gasteiger partial charge in [0, 0.05) is 0 Å². The molecule has 2 radical (unpaired) electrons. The molecule has 0 saturated heterocycles. The van der Waals surface area contributed by atoms with E-state index in [-0.39, 0.29) is 14.0 Å². The Kier molecular flexibility index (Phi) is 3.72. The molecule has 0 saturated carbocycles. The van der Waals surface area contributed by atoms with E-state index in [1.807, 2.05) is 30.3 Å². The molecule has 1 heteroatoms. The molecule has 1 aromatic carbocycles. The van der Waals surface area contributed by atoms with Gasteiger partial charge in [-0.3, -0.25) is 0 Å². The Labute approximate surface area is 56.0 Å². The van der Waals surface area contributed by atoms with Crippen molar-refractivity contribution in [3.05, 3.63) is 43.3 Å². The maximum absolute atomic E-state index is 10.1. The van der Waals surface area contributed by atoms with Gasteiger partial charge in [-0.1, -0.05) is 37.8 Å². The van der Waals surface area contributed by atoms with Crippen molar-refractivity contribution in [3.63, 3.8) is 0 Å². The van der Waals surface area contributed by atoms with Crippen LogP contribution in [0.25, 0.3) is 0 Å². The van der Waals surface area contributed by atoms with E-state index in [4.69, 9.17) is 0 Å². The molecule has 0 atom stereocenters. The van der Waals surface area contributed by atoms with Crippen molar-refractivity contribution >= 4 is 0 Å². The van der Waals surface area contributed by atoms with Crippen molar-refractivity contribution in [2.45, 2.75) is 6.61 Å². The lowest BCUT2D eigenvalue weighted by molar-refractivity contribution is 0.177. The van der Waals surface area contributed by atoms with Gasteiger partial charge in [0.15, 0.2) is 0 Å². The summed E-state index contributed by atoms with van der Waals surface area (Å²) in [6.07, 6.45) is 0. The zero-order valence-corrected chi connectivity index (χ0v) is 5.50. The molecule has 0 fully saturated rings. The molecule has 0 aromatic heterocycles. The molecule has 48 valence electrons. The summed E-state index contributed by atoms with van der Waals surface area (Å²) in [5.41, 5.74) is 0.854. The summed E-state index contributed by atoms with van der Waals surface area (Å²) in [5, 5.41) is 10.1. The summed E-state index contributed by atoms with van der Waals surface area (Å²) in [6.45, 7) is -0.110. The predicted octanol–water partition coefficient (Wildman–Crippen LogP) is 2.07. The van der Waals surface area contributed by atoms with E-state index in [1.165, 1.54) is 0 Å². The SMILES string of the molecule is [CH3].[O]Cc1ccccc1. The first-order valence-electron chi connectivity index (χ1n) is 2.55. The van der Waals surface area contributed by atoms with E-state index in [9.17, 15) is 5.11 Å². The first kappa shape index (κ1) is 8.18. The van der Waals surface area contributed by atoms with Gasteiger partial charge < -0.3 is 0 Å². The fourth-order valence-corrected chi connectivity index (χ4v) is 0.574. The van der Waals surface area contributed by atoms with Crippen LogP contribution >= 0.6 is 0 Å². The van der Waals surface area contributed by atoms with Crippen LogP contribution in [0.1, 0.15) is 5.56 Å². The van der Waals surface area contributed by atoms with Gasteiger partial charge >= 0.3 is 0 Å². The molecule has 0 aliphatic carbocycles. The standard InChI is InChI=1S/C7H7O.CH3/c8-6-7-4-2-1-3-5-7;/h1-5H,6H2;1H3. The van der Waals surface area contributed by atoms with Gasteiger partial charge in [0.05, 0.1) is 0 Å². The number of hydrogen-bond donors (Lipinski definition) is 0. The molecule has 1 aromatic rings. The zero-order chi connectivity index (χ0) is 5.82. The summed E-state index contributed by atoms with van der Waals surface area (Å²) < 4.78 is 0. The van der Waals surface area contributed by atoms with Crippen molar-refractivity contribution in [2.24, 2.45) is 0 Å². The van der Waals surface area contributed by atoms with Gasteiger partial charge in [-0.25, -0.2) is 5.11 Å². The minimum atomic E-state index is -0.110. The van der Waals surface area contributed by atoms with Crippen molar-refractivity contribution in [1.82, 2.24) is 0 Å². The fourth-order valence-electron chi connectivity index (χ4n) is 0.574. The average molecular weight is 122 g/mol. The molecule has 1 nitrogen and oxygen atoms in total. The van der Waals surface area contributed by atoms with Crippen LogP contribution in [-0.2, 0) is 11.7 Å². The second kappa shape index (κ2) is 4.10. The van der Waals surface area contributed by atoms with Crippen LogP contribution in [0.15, 0.2) is 30.3 Å². The average Bonchev–Trinajstić information content (AvgIpc) is 1.90. The molecular formula is C8H10O. The third-order valence-corrected chi connectivity index (χ3v) is 1.01. The monoisotopic (exact) mass is 122 g/mol.